The van der Waals surface area contributed by atoms with E-state index in [1.54, 1.807) is 4.90 Å². The van der Waals surface area contributed by atoms with E-state index in [-0.39, 0.29) is 23.8 Å². The molecule has 0 unspecified atom stereocenters. The van der Waals surface area contributed by atoms with E-state index in [0.717, 1.165) is 12.3 Å². The summed E-state index contributed by atoms with van der Waals surface area (Å²) in [4.78, 5) is 15.8. The summed E-state index contributed by atoms with van der Waals surface area (Å²) in [5.41, 5.74) is -0.340. The van der Waals surface area contributed by atoms with Gasteiger partial charge in [-0.1, -0.05) is 12.1 Å². The molecule has 0 atom stereocenters. The lowest BCUT2D eigenvalue weighted by Gasteiger charge is -2.30. The van der Waals surface area contributed by atoms with Crippen molar-refractivity contribution in [2.24, 2.45) is 0 Å². The molecule has 2 heterocycles. The monoisotopic (exact) mass is 414 g/mol. The van der Waals surface area contributed by atoms with Crippen LogP contribution < -0.4 is 9.88 Å². The minimum atomic E-state index is -4.42. The van der Waals surface area contributed by atoms with Gasteiger partial charge in [-0.2, -0.15) is 17.5 Å². The van der Waals surface area contributed by atoms with Gasteiger partial charge in [-0.15, -0.1) is 0 Å². The van der Waals surface area contributed by atoms with Crippen molar-refractivity contribution in [2.45, 2.75) is 18.0 Å². The number of nitrogens with zero attached hydrogens (tertiary/aromatic N) is 2. The molecule has 0 spiro atoms. The van der Waals surface area contributed by atoms with Crippen LogP contribution in [0.2, 0.25) is 0 Å². The first kappa shape index (κ1) is 20.3. The van der Waals surface area contributed by atoms with E-state index in [0.29, 0.717) is 24.5 Å². The first-order chi connectivity index (χ1) is 13.1. The van der Waals surface area contributed by atoms with E-state index in [1.165, 1.54) is 41.6 Å². The van der Waals surface area contributed by atoms with Crippen LogP contribution in [0.1, 0.15) is 22.8 Å². The number of anilines is 1. The Kier molecular flexibility index (Phi) is 5.44. The van der Waals surface area contributed by atoms with E-state index in [4.69, 9.17) is 0 Å². The molecule has 0 bridgehead atoms. The minimum Gasteiger partial charge on any atom is -0.295 e. The topological polar surface area (TPSA) is 71.8 Å². The molecular weight excluding hydrogens is 395 g/mol. The summed E-state index contributed by atoms with van der Waals surface area (Å²) in [6.45, 7) is 2.48. The number of pyridine rings is 1. The van der Waals surface area contributed by atoms with Gasteiger partial charge >= 0.3 is 6.18 Å². The van der Waals surface area contributed by atoms with Crippen LogP contribution in [0.3, 0.4) is 0 Å². The molecule has 0 amide bonds. The van der Waals surface area contributed by atoms with Gasteiger partial charge in [0.25, 0.3) is 5.82 Å². The molecule has 0 radical (unpaired) electrons. The van der Waals surface area contributed by atoms with E-state index < -0.39 is 21.8 Å². The number of H-pyrrole nitrogens is 1. The molecule has 1 N–H and O–H groups in total. The predicted molar refractivity (Wildman–Crippen MR) is 95.4 cm³/mol. The molecule has 1 aromatic carbocycles. The van der Waals surface area contributed by atoms with Crippen molar-refractivity contribution in [3.63, 3.8) is 0 Å². The van der Waals surface area contributed by atoms with Gasteiger partial charge in [0, 0.05) is 11.6 Å². The minimum absolute atomic E-state index is 0.104. The Bertz CT molecular complexity index is 950. The Labute approximate surface area is 160 Å². The summed E-state index contributed by atoms with van der Waals surface area (Å²) in [6, 6.07) is 8.09. The Morgan fingerprint density at radius 3 is 2.07 bits per heavy atom. The lowest BCUT2D eigenvalue weighted by atomic mass is 10.2. The van der Waals surface area contributed by atoms with Crippen LogP contribution in [0, 0.1) is 0 Å². The highest BCUT2D eigenvalue weighted by molar-refractivity contribution is 7.89. The number of aromatic amines is 1. The van der Waals surface area contributed by atoms with Crippen LogP contribution >= 0.6 is 0 Å². The number of ketones is 1. The van der Waals surface area contributed by atoms with Crippen molar-refractivity contribution >= 4 is 21.6 Å². The van der Waals surface area contributed by atoms with E-state index >= 15 is 0 Å². The summed E-state index contributed by atoms with van der Waals surface area (Å²) in [7, 11) is -3.70. The number of hydrogen-bond donors (Lipinski definition) is 0. The second-order valence-electron chi connectivity index (χ2n) is 6.43. The molecule has 3 rings (SSSR count). The molecule has 2 aromatic rings. The van der Waals surface area contributed by atoms with Crippen LogP contribution in [0.5, 0.6) is 0 Å². The summed E-state index contributed by atoms with van der Waals surface area (Å²) in [5.74, 6) is 0.348. The molecule has 1 aromatic heterocycles. The summed E-state index contributed by atoms with van der Waals surface area (Å²) >= 11 is 0. The molecule has 150 valence electrons. The lowest BCUT2D eigenvalue weighted by molar-refractivity contribution is -0.367. The second kappa shape index (κ2) is 7.51. The van der Waals surface area contributed by atoms with Crippen LogP contribution in [0.25, 0.3) is 0 Å². The Morgan fingerprint density at radius 2 is 1.61 bits per heavy atom. The van der Waals surface area contributed by atoms with Crippen molar-refractivity contribution in [1.29, 1.82) is 0 Å². The first-order valence-electron chi connectivity index (χ1n) is 8.54. The number of halogens is 3. The average molecular weight is 414 g/mol. The largest absolute Gasteiger partial charge is 0.419 e. The van der Waals surface area contributed by atoms with Crippen molar-refractivity contribution in [3.8, 4) is 0 Å². The van der Waals surface area contributed by atoms with E-state index in [2.05, 4.69) is 4.98 Å². The first-order valence-corrected chi connectivity index (χ1v) is 9.98. The number of Topliss-reactive ketones (excluding diaryl/α,β-unsaturated/α-hetero) is 1. The second-order valence-corrected chi connectivity index (χ2v) is 8.37. The van der Waals surface area contributed by atoms with Crippen molar-refractivity contribution in [1.82, 2.24) is 4.31 Å². The van der Waals surface area contributed by atoms with Gasteiger partial charge in [-0.3, -0.25) is 9.69 Å². The molecule has 6 nitrogen and oxygen atoms in total. The zero-order valence-corrected chi connectivity index (χ0v) is 15.8. The molecule has 0 aliphatic carbocycles. The van der Waals surface area contributed by atoms with Crippen LogP contribution in [-0.4, -0.2) is 44.7 Å². The van der Waals surface area contributed by atoms with Crippen LogP contribution in [0.4, 0.5) is 19.0 Å². The SMILES string of the molecule is CC(=O)c1ccc(S(=O)(=O)N2CCN(c3ccc(C(F)(F)F)c[nH+]3)CC2)cc1. The smallest absolute Gasteiger partial charge is 0.295 e. The number of aromatic nitrogens is 1. The Balaban J connectivity index is 1.68. The number of sulfonamides is 1. The Hall–Kier alpha value is -2.46. The summed E-state index contributed by atoms with van der Waals surface area (Å²) in [5, 5.41) is 0. The van der Waals surface area contributed by atoms with E-state index in [1.807, 2.05) is 0 Å². The van der Waals surface area contributed by atoms with Gasteiger partial charge in [0.2, 0.25) is 10.0 Å². The van der Waals surface area contributed by atoms with Crippen molar-refractivity contribution in [2.75, 3.05) is 31.1 Å². The number of piperazine rings is 1. The van der Waals surface area contributed by atoms with Crippen molar-refractivity contribution < 1.29 is 31.4 Å². The van der Waals surface area contributed by atoms with Crippen LogP contribution in [0.15, 0.2) is 47.5 Å². The molecule has 1 fully saturated rings. The molecular formula is C18H19F3N3O3S+. The van der Waals surface area contributed by atoms with Crippen molar-refractivity contribution in [3.05, 3.63) is 53.7 Å². The van der Waals surface area contributed by atoms with Gasteiger partial charge in [0.15, 0.2) is 5.78 Å². The lowest BCUT2D eigenvalue weighted by Crippen LogP contribution is -2.49. The quantitative estimate of drug-likeness (QED) is 0.720. The maximum atomic E-state index is 12.8. The fourth-order valence-electron chi connectivity index (χ4n) is 2.97. The number of benzene rings is 1. The molecule has 28 heavy (non-hydrogen) atoms. The van der Waals surface area contributed by atoms with Gasteiger partial charge in [0.05, 0.1) is 36.6 Å². The third kappa shape index (κ3) is 4.17. The third-order valence-electron chi connectivity index (χ3n) is 4.60. The van der Waals surface area contributed by atoms with Gasteiger partial charge < -0.3 is 0 Å². The average Bonchev–Trinajstić information content (AvgIpc) is 2.67. The number of alkyl halides is 3. The van der Waals surface area contributed by atoms with Gasteiger partial charge in [0.1, 0.15) is 6.20 Å². The standard InChI is InChI=1S/C18H18F3N3O3S/c1-13(25)14-2-5-16(6-3-14)28(26,27)24-10-8-23(9-11-24)17-7-4-15(12-22-17)18(19,20)21/h2-7,12H,8-11H2,1H3/p+1. The number of hydrogen-bond acceptors (Lipinski definition) is 4. The predicted octanol–water partition coefficient (Wildman–Crippen LogP) is 2.23. The fraction of sp³-hybridized carbons (Fsp3) is 0.333. The van der Waals surface area contributed by atoms with Gasteiger partial charge in [-0.25, -0.2) is 13.4 Å². The number of nitrogens with one attached hydrogen (secondary N) is 1. The number of carbonyl (C=O) groups excluding carboxylic acids is 1. The zero-order chi connectivity index (χ0) is 20.5. The molecule has 0 saturated carbocycles. The third-order valence-corrected chi connectivity index (χ3v) is 6.51. The van der Waals surface area contributed by atoms with Gasteiger partial charge in [-0.05, 0) is 25.1 Å². The Morgan fingerprint density at radius 1 is 1.00 bits per heavy atom. The highest BCUT2D eigenvalue weighted by atomic mass is 32.2. The van der Waals surface area contributed by atoms with Crippen LogP contribution in [-0.2, 0) is 16.2 Å². The van der Waals surface area contributed by atoms with E-state index in [9.17, 15) is 26.4 Å². The normalized spacial score (nSPS) is 16.2. The zero-order valence-electron chi connectivity index (χ0n) is 15.0. The molecule has 1 aliphatic heterocycles. The maximum Gasteiger partial charge on any atom is 0.419 e. The molecule has 1 aliphatic rings. The highest BCUT2D eigenvalue weighted by Gasteiger charge is 2.34. The molecule has 1 saturated heterocycles. The maximum absolute atomic E-state index is 12.8. The fourth-order valence-corrected chi connectivity index (χ4v) is 4.39. The highest BCUT2D eigenvalue weighted by Crippen LogP contribution is 2.28. The number of rotatable bonds is 4. The summed E-state index contributed by atoms with van der Waals surface area (Å²) in [6.07, 6.45) is -3.52. The molecule has 10 heteroatoms. The summed E-state index contributed by atoms with van der Waals surface area (Å²) < 4.78 is 64.8. The number of carbonyl (C=O) groups is 1.